The van der Waals surface area contributed by atoms with E-state index in [9.17, 15) is 14.0 Å². The molecule has 6 nitrogen and oxygen atoms in total. The lowest BCUT2D eigenvalue weighted by atomic mass is 10.1. The fourth-order valence-electron chi connectivity index (χ4n) is 2.27. The molecule has 0 aliphatic heterocycles. The van der Waals surface area contributed by atoms with E-state index in [0.717, 1.165) is 0 Å². The second-order valence-electron chi connectivity index (χ2n) is 4.68. The van der Waals surface area contributed by atoms with E-state index < -0.39 is 11.8 Å². The van der Waals surface area contributed by atoms with Crippen LogP contribution in [0.5, 0.6) is 5.75 Å². The summed E-state index contributed by atoms with van der Waals surface area (Å²) in [4.78, 5) is 26.5. The topological polar surface area (TPSA) is 81.5 Å². The number of ether oxygens (including phenoxy) is 2. The van der Waals surface area contributed by atoms with E-state index >= 15 is 0 Å². The van der Waals surface area contributed by atoms with E-state index in [2.05, 4.69) is 4.98 Å². The quantitative estimate of drug-likeness (QED) is 0.748. The zero-order valence-electron chi connectivity index (χ0n) is 12.1. The Kier molecular flexibility index (Phi) is 3.84. The van der Waals surface area contributed by atoms with Gasteiger partial charge in [-0.15, -0.1) is 0 Å². The lowest BCUT2D eigenvalue weighted by molar-refractivity contribution is 0.0440. The minimum Gasteiger partial charge on any atom is -0.490 e. The molecule has 0 saturated heterocycles. The van der Waals surface area contributed by atoms with Crippen LogP contribution in [0.25, 0.3) is 10.9 Å². The van der Waals surface area contributed by atoms with Crippen LogP contribution in [0, 0.1) is 5.82 Å². The summed E-state index contributed by atoms with van der Waals surface area (Å²) < 4.78 is 29.0. The Bertz CT molecular complexity index is 928. The van der Waals surface area contributed by atoms with Crippen molar-refractivity contribution in [3.63, 3.8) is 0 Å². The van der Waals surface area contributed by atoms with E-state index in [1.165, 1.54) is 37.8 Å². The van der Waals surface area contributed by atoms with Gasteiger partial charge in [-0.1, -0.05) is 6.07 Å². The molecule has 0 fully saturated rings. The Labute approximate surface area is 129 Å². The second-order valence-corrected chi connectivity index (χ2v) is 4.68. The molecular formula is C16H12FNO5. The molecule has 23 heavy (non-hydrogen) atoms. The van der Waals surface area contributed by atoms with Gasteiger partial charge >= 0.3 is 5.97 Å². The first kappa shape index (κ1) is 14.8. The third-order valence-electron chi connectivity index (χ3n) is 3.32. The smallest absolute Gasteiger partial charge is 0.340 e. The Morgan fingerprint density at radius 1 is 1.35 bits per heavy atom. The highest BCUT2D eigenvalue weighted by atomic mass is 19.1. The molecule has 118 valence electrons. The molecule has 0 aliphatic carbocycles. The van der Waals surface area contributed by atoms with E-state index in [0.29, 0.717) is 5.52 Å². The van der Waals surface area contributed by atoms with Crippen molar-refractivity contribution in [2.24, 2.45) is 0 Å². The van der Waals surface area contributed by atoms with Gasteiger partial charge in [-0.05, 0) is 12.1 Å². The third kappa shape index (κ3) is 2.68. The molecule has 3 aromatic rings. The highest BCUT2D eigenvalue weighted by Crippen LogP contribution is 2.23. The third-order valence-corrected chi connectivity index (χ3v) is 3.32. The predicted molar refractivity (Wildman–Crippen MR) is 78.9 cm³/mol. The number of methoxy groups -OCH3 is 1. The number of halogens is 1. The Balaban J connectivity index is 1.85. The number of aromatic amines is 1. The van der Waals surface area contributed by atoms with Crippen molar-refractivity contribution < 1.29 is 23.1 Å². The molecule has 0 atom stereocenters. The highest BCUT2D eigenvalue weighted by molar-refractivity contribution is 6.04. The van der Waals surface area contributed by atoms with Gasteiger partial charge in [0.2, 0.25) is 11.2 Å². The summed E-state index contributed by atoms with van der Waals surface area (Å²) in [7, 11) is 1.31. The Morgan fingerprint density at radius 3 is 2.96 bits per heavy atom. The van der Waals surface area contributed by atoms with Gasteiger partial charge < -0.3 is 18.9 Å². The van der Waals surface area contributed by atoms with Gasteiger partial charge in [-0.2, -0.15) is 0 Å². The average Bonchev–Trinajstić information content (AvgIpc) is 2.98. The summed E-state index contributed by atoms with van der Waals surface area (Å²) >= 11 is 0. The molecule has 0 spiro atoms. The maximum Gasteiger partial charge on any atom is 0.340 e. The number of benzene rings is 1. The van der Waals surface area contributed by atoms with E-state index in [-0.39, 0.29) is 34.5 Å². The van der Waals surface area contributed by atoms with Crippen LogP contribution >= 0.6 is 0 Å². The fourth-order valence-corrected chi connectivity index (χ4v) is 2.27. The van der Waals surface area contributed by atoms with Crippen LogP contribution < -0.4 is 10.2 Å². The summed E-state index contributed by atoms with van der Waals surface area (Å²) in [5.41, 5.74) is 0.166. The van der Waals surface area contributed by atoms with E-state index in [4.69, 9.17) is 13.9 Å². The minimum atomic E-state index is -0.741. The zero-order chi connectivity index (χ0) is 16.4. The number of hydrogen-bond acceptors (Lipinski definition) is 5. The van der Waals surface area contributed by atoms with Crippen LogP contribution in [-0.4, -0.2) is 18.1 Å². The monoisotopic (exact) mass is 317 g/mol. The first-order valence-corrected chi connectivity index (χ1v) is 6.69. The molecule has 1 aromatic carbocycles. The van der Waals surface area contributed by atoms with Crippen LogP contribution in [0.4, 0.5) is 4.39 Å². The molecular weight excluding hydrogens is 305 g/mol. The predicted octanol–water partition coefficient (Wildman–Crippen LogP) is 2.63. The van der Waals surface area contributed by atoms with Crippen LogP contribution in [0.1, 0.15) is 16.1 Å². The number of rotatable bonds is 4. The number of H-pyrrole nitrogens is 1. The van der Waals surface area contributed by atoms with Gasteiger partial charge in [0.1, 0.15) is 5.82 Å². The molecule has 0 saturated carbocycles. The SMILES string of the molecule is COc1c(COC(=O)c2c[nH]c3cccc(F)c23)occc1=O. The number of nitrogens with one attached hydrogen (secondary N) is 1. The van der Waals surface area contributed by atoms with Gasteiger partial charge in [0.15, 0.2) is 12.4 Å². The first-order chi connectivity index (χ1) is 11.1. The molecule has 2 aromatic heterocycles. The van der Waals surface area contributed by atoms with Crippen LogP contribution in [-0.2, 0) is 11.3 Å². The number of fused-ring (bicyclic) bond motifs is 1. The van der Waals surface area contributed by atoms with Gasteiger partial charge in [-0.25, -0.2) is 9.18 Å². The van der Waals surface area contributed by atoms with E-state index in [1.54, 1.807) is 6.07 Å². The van der Waals surface area contributed by atoms with Gasteiger partial charge in [0.05, 0.1) is 18.9 Å². The van der Waals surface area contributed by atoms with Crippen molar-refractivity contribution in [2.75, 3.05) is 7.11 Å². The first-order valence-electron chi connectivity index (χ1n) is 6.69. The number of esters is 1. The van der Waals surface area contributed by atoms with Crippen LogP contribution in [0.15, 0.2) is 45.9 Å². The molecule has 0 amide bonds. The van der Waals surface area contributed by atoms with Crippen LogP contribution in [0.3, 0.4) is 0 Å². The number of aromatic nitrogens is 1. The molecule has 0 unspecified atom stereocenters. The number of carbonyl (C=O) groups is 1. The van der Waals surface area contributed by atoms with Crippen molar-refractivity contribution in [2.45, 2.75) is 6.61 Å². The van der Waals surface area contributed by atoms with Gasteiger partial charge in [-0.3, -0.25) is 4.79 Å². The molecule has 0 radical (unpaired) electrons. The zero-order valence-corrected chi connectivity index (χ0v) is 12.1. The number of carbonyl (C=O) groups excluding carboxylic acids is 1. The second kappa shape index (κ2) is 5.96. The normalized spacial score (nSPS) is 10.7. The summed E-state index contributed by atoms with van der Waals surface area (Å²) in [6, 6.07) is 5.63. The van der Waals surface area contributed by atoms with Gasteiger partial charge in [0.25, 0.3) is 0 Å². The molecule has 7 heteroatoms. The molecule has 0 aliphatic rings. The van der Waals surface area contributed by atoms with Crippen molar-refractivity contribution in [1.29, 1.82) is 0 Å². The Hall–Kier alpha value is -3.09. The largest absolute Gasteiger partial charge is 0.490 e. The molecule has 1 N–H and O–H groups in total. The highest BCUT2D eigenvalue weighted by Gasteiger charge is 2.18. The summed E-state index contributed by atoms with van der Waals surface area (Å²) in [5.74, 6) is -1.23. The Morgan fingerprint density at radius 2 is 2.17 bits per heavy atom. The fraction of sp³-hybridized carbons (Fsp3) is 0.125. The minimum absolute atomic E-state index is 0.0367. The lowest BCUT2D eigenvalue weighted by Crippen LogP contribution is -2.10. The van der Waals surface area contributed by atoms with Crippen molar-refractivity contribution in [3.05, 3.63) is 64.1 Å². The lowest BCUT2D eigenvalue weighted by Gasteiger charge is -2.07. The standard InChI is InChI=1S/C16H12FNO5/c1-21-15-12(19)5-6-22-13(15)8-23-16(20)9-7-18-11-4-2-3-10(17)14(9)11/h2-7,18H,8H2,1H3. The molecule has 3 rings (SSSR count). The molecule has 2 heterocycles. The molecule has 0 bridgehead atoms. The average molecular weight is 317 g/mol. The van der Waals surface area contributed by atoms with E-state index in [1.807, 2.05) is 0 Å². The maximum absolute atomic E-state index is 13.9. The summed E-state index contributed by atoms with van der Waals surface area (Å²) in [6.07, 6.45) is 2.55. The van der Waals surface area contributed by atoms with Gasteiger partial charge in [0, 0.05) is 23.2 Å². The van der Waals surface area contributed by atoms with Crippen molar-refractivity contribution >= 4 is 16.9 Å². The van der Waals surface area contributed by atoms with Crippen molar-refractivity contribution in [1.82, 2.24) is 4.98 Å². The summed E-state index contributed by atoms with van der Waals surface area (Å²) in [6.45, 7) is -0.306. The summed E-state index contributed by atoms with van der Waals surface area (Å²) in [5, 5.41) is 0.152. The van der Waals surface area contributed by atoms with Crippen molar-refractivity contribution in [3.8, 4) is 5.75 Å². The maximum atomic E-state index is 13.9. The van der Waals surface area contributed by atoms with Crippen LogP contribution in [0.2, 0.25) is 0 Å². The number of hydrogen-bond donors (Lipinski definition) is 1.